The molecule has 4 nitrogen and oxygen atoms in total. The van der Waals surface area contributed by atoms with Gasteiger partial charge < -0.3 is 4.84 Å². The van der Waals surface area contributed by atoms with Gasteiger partial charge in [-0.05, 0) is 6.07 Å². The highest BCUT2D eigenvalue weighted by Gasteiger charge is 2.25. The minimum atomic E-state index is -0.162. The number of nitrogens with zero attached hydrogens (tertiary/aromatic N) is 1. The summed E-state index contributed by atoms with van der Waals surface area (Å²) in [6.45, 7) is 4.60. The van der Waals surface area contributed by atoms with Gasteiger partial charge in [-0.2, -0.15) is 5.10 Å². The lowest BCUT2D eigenvalue weighted by Crippen LogP contribution is -2.26. The third-order valence-electron chi connectivity index (χ3n) is 2.58. The molecule has 0 amide bonds. The fraction of sp³-hybridized carbons (Fsp3) is 0.364. The van der Waals surface area contributed by atoms with Crippen LogP contribution in [-0.2, 0) is 10.3 Å². The van der Waals surface area contributed by atoms with Gasteiger partial charge in [-0.3, -0.25) is 5.10 Å². The molecule has 0 aliphatic rings. The SMILES string of the molecule is CC(C)(CON)c1[nH]nc2ccccc12. The summed E-state index contributed by atoms with van der Waals surface area (Å²) < 4.78 is 0. The number of H-pyrrole nitrogens is 1. The van der Waals surface area contributed by atoms with Crippen molar-refractivity contribution in [2.24, 2.45) is 5.90 Å². The molecule has 0 radical (unpaired) electrons. The fourth-order valence-electron chi connectivity index (χ4n) is 1.76. The second-order valence-corrected chi connectivity index (χ2v) is 4.31. The van der Waals surface area contributed by atoms with Crippen molar-refractivity contribution in [1.29, 1.82) is 0 Å². The van der Waals surface area contributed by atoms with Crippen molar-refractivity contribution >= 4 is 10.9 Å². The highest BCUT2D eigenvalue weighted by molar-refractivity contribution is 5.82. The van der Waals surface area contributed by atoms with Crippen LogP contribution < -0.4 is 5.90 Å². The first-order chi connectivity index (χ1) is 7.15. The van der Waals surface area contributed by atoms with E-state index in [-0.39, 0.29) is 5.41 Å². The smallest absolute Gasteiger partial charge is 0.0923 e. The molecule has 80 valence electrons. The zero-order chi connectivity index (χ0) is 10.9. The molecule has 2 aromatic rings. The van der Waals surface area contributed by atoms with Crippen LogP contribution in [0.25, 0.3) is 10.9 Å². The van der Waals surface area contributed by atoms with Crippen LogP contribution in [0, 0.1) is 0 Å². The molecular formula is C11H15N3O. The molecule has 1 aromatic heterocycles. The molecule has 0 fully saturated rings. The fourth-order valence-corrected chi connectivity index (χ4v) is 1.76. The van der Waals surface area contributed by atoms with Crippen LogP contribution in [-0.4, -0.2) is 16.8 Å². The minimum absolute atomic E-state index is 0.162. The molecule has 0 saturated carbocycles. The summed E-state index contributed by atoms with van der Waals surface area (Å²) in [6.07, 6.45) is 0. The zero-order valence-electron chi connectivity index (χ0n) is 8.95. The van der Waals surface area contributed by atoms with Gasteiger partial charge >= 0.3 is 0 Å². The highest BCUT2D eigenvalue weighted by Crippen LogP contribution is 2.27. The van der Waals surface area contributed by atoms with Crippen LogP contribution in [0.1, 0.15) is 19.5 Å². The molecule has 0 spiro atoms. The Morgan fingerprint density at radius 3 is 2.87 bits per heavy atom. The molecule has 0 aliphatic carbocycles. The van der Waals surface area contributed by atoms with Crippen LogP contribution >= 0.6 is 0 Å². The Hall–Kier alpha value is -1.39. The number of hydrogen-bond acceptors (Lipinski definition) is 3. The van der Waals surface area contributed by atoms with Crippen LogP contribution in [0.4, 0.5) is 0 Å². The Kier molecular flexibility index (Phi) is 2.46. The molecule has 0 saturated heterocycles. The molecule has 1 aromatic carbocycles. The Labute approximate surface area is 88.4 Å². The summed E-state index contributed by atoms with van der Waals surface area (Å²) in [5, 5.41) is 8.42. The summed E-state index contributed by atoms with van der Waals surface area (Å²) in [7, 11) is 0. The predicted molar refractivity (Wildman–Crippen MR) is 59.3 cm³/mol. The van der Waals surface area contributed by atoms with Gasteiger partial charge in [0.05, 0.1) is 17.8 Å². The monoisotopic (exact) mass is 205 g/mol. The van der Waals surface area contributed by atoms with Crippen molar-refractivity contribution in [1.82, 2.24) is 10.2 Å². The van der Waals surface area contributed by atoms with Crippen molar-refractivity contribution in [2.75, 3.05) is 6.61 Å². The summed E-state index contributed by atoms with van der Waals surface area (Å²) >= 11 is 0. The number of hydrogen-bond donors (Lipinski definition) is 2. The molecule has 3 N–H and O–H groups in total. The lowest BCUT2D eigenvalue weighted by Gasteiger charge is -2.21. The number of para-hydroxylation sites is 1. The standard InChI is InChI=1S/C11H15N3O/c1-11(2,7-15-12)10-8-5-3-4-6-9(8)13-14-10/h3-6H,7,12H2,1-2H3,(H,13,14). The van der Waals surface area contributed by atoms with E-state index in [0.29, 0.717) is 6.61 Å². The average Bonchev–Trinajstić information content (AvgIpc) is 2.61. The van der Waals surface area contributed by atoms with Gasteiger partial charge in [-0.25, -0.2) is 5.90 Å². The summed E-state index contributed by atoms with van der Waals surface area (Å²) in [6, 6.07) is 8.00. The van der Waals surface area contributed by atoms with Crippen molar-refractivity contribution in [3.05, 3.63) is 30.0 Å². The number of fused-ring (bicyclic) bond motifs is 1. The van der Waals surface area contributed by atoms with E-state index in [9.17, 15) is 0 Å². The maximum atomic E-state index is 5.13. The summed E-state index contributed by atoms with van der Waals surface area (Å²) in [5.74, 6) is 5.13. The minimum Gasteiger partial charge on any atom is -0.304 e. The van der Waals surface area contributed by atoms with E-state index >= 15 is 0 Å². The first kappa shape index (κ1) is 10.1. The second-order valence-electron chi connectivity index (χ2n) is 4.31. The maximum absolute atomic E-state index is 5.13. The normalized spacial score (nSPS) is 12.2. The number of aromatic amines is 1. The molecule has 15 heavy (non-hydrogen) atoms. The molecule has 4 heteroatoms. The molecule has 0 atom stereocenters. The third-order valence-corrected chi connectivity index (χ3v) is 2.58. The average molecular weight is 205 g/mol. The van der Waals surface area contributed by atoms with Crippen LogP contribution in [0.15, 0.2) is 24.3 Å². The molecule has 0 unspecified atom stereocenters. The predicted octanol–water partition coefficient (Wildman–Crippen LogP) is 1.73. The Bertz CT molecular complexity index is 462. The van der Waals surface area contributed by atoms with Gasteiger partial charge in [-0.1, -0.05) is 32.0 Å². The van der Waals surface area contributed by atoms with E-state index < -0.39 is 0 Å². The number of rotatable bonds is 3. The highest BCUT2D eigenvalue weighted by atomic mass is 16.6. The van der Waals surface area contributed by atoms with Gasteiger partial charge in [0.25, 0.3) is 0 Å². The van der Waals surface area contributed by atoms with Crippen LogP contribution in [0.5, 0.6) is 0 Å². The number of benzene rings is 1. The molecule has 1 heterocycles. The first-order valence-corrected chi connectivity index (χ1v) is 4.90. The number of nitrogens with one attached hydrogen (secondary N) is 1. The van der Waals surface area contributed by atoms with Crippen molar-refractivity contribution in [3.8, 4) is 0 Å². The van der Waals surface area contributed by atoms with Crippen molar-refractivity contribution in [3.63, 3.8) is 0 Å². The summed E-state index contributed by atoms with van der Waals surface area (Å²) in [5.41, 5.74) is 1.87. The lowest BCUT2D eigenvalue weighted by molar-refractivity contribution is 0.0954. The van der Waals surface area contributed by atoms with E-state index in [0.717, 1.165) is 16.6 Å². The Morgan fingerprint density at radius 2 is 2.13 bits per heavy atom. The number of aromatic nitrogens is 2. The summed E-state index contributed by atoms with van der Waals surface area (Å²) in [4.78, 5) is 4.73. The number of nitrogens with two attached hydrogens (primary N) is 1. The first-order valence-electron chi connectivity index (χ1n) is 4.90. The third kappa shape index (κ3) is 1.73. The van der Waals surface area contributed by atoms with Crippen molar-refractivity contribution < 1.29 is 4.84 Å². The van der Waals surface area contributed by atoms with Crippen molar-refractivity contribution in [2.45, 2.75) is 19.3 Å². The quantitative estimate of drug-likeness (QED) is 0.750. The van der Waals surface area contributed by atoms with Gasteiger partial charge in [0, 0.05) is 10.8 Å². The Morgan fingerprint density at radius 1 is 1.40 bits per heavy atom. The van der Waals surface area contributed by atoms with Crippen LogP contribution in [0.3, 0.4) is 0 Å². The zero-order valence-corrected chi connectivity index (χ0v) is 8.95. The van der Waals surface area contributed by atoms with Gasteiger partial charge in [-0.15, -0.1) is 0 Å². The van der Waals surface area contributed by atoms with E-state index in [4.69, 9.17) is 10.7 Å². The van der Waals surface area contributed by atoms with Gasteiger partial charge in [0.2, 0.25) is 0 Å². The Balaban J connectivity index is 2.52. The molecule has 2 rings (SSSR count). The molecule has 0 aliphatic heterocycles. The molecular weight excluding hydrogens is 190 g/mol. The van der Waals surface area contributed by atoms with E-state index in [1.807, 2.05) is 24.3 Å². The van der Waals surface area contributed by atoms with E-state index in [1.54, 1.807) is 0 Å². The lowest BCUT2D eigenvalue weighted by atomic mass is 9.88. The second kappa shape index (κ2) is 3.64. The van der Waals surface area contributed by atoms with Gasteiger partial charge in [0.15, 0.2) is 0 Å². The maximum Gasteiger partial charge on any atom is 0.0923 e. The van der Waals surface area contributed by atoms with Gasteiger partial charge in [0.1, 0.15) is 0 Å². The molecule has 0 bridgehead atoms. The van der Waals surface area contributed by atoms with E-state index in [1.165, 1.54) is 0 Å². The van der Waals surface area contributed by atoms with Crippen LogP contribution in [0.2, 0.25) is 0 Å². The largest absolute Gasteiger partial charge is 0.304 e. The van der Waals surface area contributed by atoms with E-state index in [2.05, 4.69) is 24.0 Å². The topological polar surface area (TPSA) is 63.9 Å².